The lowest BCUT2D eigenvalue weighted by Gasteiger charge is -1.97. The summed E-state index contributed by atoms with van der Waals surface area (Å²) in [4.78, 5) is 10.5. The highest BCUT2D eigenvalue weighted by Crippen LogP contribution is 2.23. The molecular formula is C7H5ClO3. The zero-order valence-electron chi connectivity index (χ0n) is 5.41. The molecule has 0 atom stereocenters. The summed E-state index contributed by atoms with van der Waals surface area (Å²) in [5, 5.41) is 17.1. The molecule has 0 bridgehead atoms. The molecule has 0 saturated heterocycles. The van der Waals surface area contributed by atoms with Gasteiger partial charge in [-0.15, -0.1) is 0 Å². The highest BCUT2D eigenvalue weighted by Gasteiger charge is 2.07. The van der Waals surface area contributed by atoms with Crippen LogP contribution in [0.5, 0.6) is 11.5 Å². The molecule has 2 N–H and O–H groups in total. The average molecular weight is 173 g/mol. The average Bonchev–Trinajstić information content (AvgIpc) is 1.85. The first-order chi connectivity index (χ1) is 5.11. The minimum absolute atomic E-state index is 0.00975. The Hall–Kier alpha value is -1.22. The summed E-state index contributed by atoms with van der Waals surface area (Å²) in [5.74, 6) is -0.422. The van der Waals surface area contributed by atoms with Crippen molar-refractivity contribution in [3.63, 3.8) is 0 Å². The van der Waals surface area contributed by atoms with Gasteiger partial charge in [-0.25, -0.2) is 0 Å². The molecule has 0 aromatic heterocycles. The zero-order valence-corrected chi connectivity index (χ0v) is 6.17. The van der Waals surface area contributed by atoms with E-state index in [2.05, 4.69) is 0 Å². The van der Waals surface area contributed by atoms with E-state index in [0.717, 1.165) is 6.07 Å². The second-order valence-electron chi connectivity index (χ2n) is 1.98. The van der Waals surface area contributed by atoms with Gasteiger partial charge in [0.05, 0.1) is 5.56 Å². The van der Waals surface area contributed by atoms with E-state index in [1.807, 2.05) is 0 Å². The van der Waals surface area contributed by atoms with Crippen molar-refractivity contribution >= 4 is 16.8 Å². The number of benzene rings is 1. The van der Waals surface area contributed by atoms with Crippen molar-refractivity contribution in [1.82, 2.24) is 0 Å². The molecule has 58 valence electrons. The smallest absolute Gasteiger partial charge is 0.256 e. The summed E-state index contributed by atoms with van der Waals surface area (Å²) in [6.45, 7) is 0. The maximum absolute atomic E-state index is 10.5. The van der Waals surface area contributed by atoms with Gasteiger partial charge >= 0.3 is 0 Å². The molecule has 1 aromatic rings. The quantitative estimate of drug-likeness (QED) is 0.631. The van der Waals surface area contributed by atoms with E-state index in [1.165, 1.54) is 12.1 Å². The fourth-order valence-corrected chi connectivity index (χ4v) is 0.846. The standard InChI is InChI=1S/C7H5ClO3/c8-7(11)5-2-1-4(9)3-6(5)10/h1-3,9-10H. The molecule has 0 saturated carbocycles. The van der Waals surface area contributed by atoms with Gasteiger partial charge < -0.3 is 10.2 Å². The third-order valence-corrected chi connectivity index (χ3v) is 1.40. The Kier molecular flexibility index (Phi) is 2.01. The van der Waals surface area contributed by atoms with Gasteiger partial charge in [0.1, 0.15) is 11.5 Å². The van der Waals surface area contributed by atoms with Crippen LogP contribution in [-0.2, 0) is 0 Å². The molecule has 1 aromatic carbocycles. The summed E-state index contributed by atoms with van der Waals surface area (Å²) >= 11 is 5.08. The third kappa shape index (κ3) is 1.62. The molecule has 0 radical (unpaired) electrons. The summed E-state index contributed by atoms with van der Waals surface area (Å²) in [6, 6.07) is 3.57. The van der Waals surface area contributed by atoms with Gasteiger partial charge in [-0.05, 0) is 23.7 Å². The Labute approximate surface area is 67.8 Å². The molecule has 0 aliphatic carbocycles. The van der Waals surface area contributed by atoms with Crippen molar-refractivity contribution in [1.29, 1.82) is 0 Å². The number of hydrogen-bond acceptors (Lipinski definition) is 3. The van der Waals surface area contributed by atoms with E-state index >= 15 is 0 Å². The van der Waals surface area contributed by atoms with E-state index in [0.29, 0.717) is 0 Å². The largest absolute Gasteiger partial charge is 0.508 e. The Morgan fingerprint density at radius 3 is 2.45 bits per heavy atom. The normalized spacial score (nSPS) is 9.55. The number of aromatic hydroxyl groups is 2. The molecule has 3 nitrogen and oxygen atoms in total. The topological polar surface area (TPSA) is 57.5 Å². The van der Waals surface area contributed by atoms with Crippen molar-refractivity contribution in [3.05, 3.63) is 23.8 Å². The maximum Gasteiger partial charge on any atom is 0.256 e. The molecule has 0 amide bonds. The van der Waals surface area contributed by atoms with Gasteiger partial charge in [-0.1, -0.05) is 0 Å². The number of hydrogen-bond donors (Lipinski definition) is 2. The first-order valence-electron chi connectivity index (χ1n) is 2.83. The SMILES string of the molecule is O=C(Cl)c1ccc(O)cc1O. The number of halogens is 1. The number of carbonyl (C=O) groups is 1. The Morgan fingerprint density at radius 1 is 1.36 bits per heavy atom. The van der Waals surface area contributed by atoms with Gasteiger partial charge in [0.15, 0.2) is 0 Å². The van der Waals surface area contributed by atoms with Crippen molar-refractivity contribution in [3.8, 4) is 11.5 Å². The Bertz CT molecular complexity index is 296. The summed E-state index contributed by atoms with van der Waals surface area (Å²) in [7, 11) is 0. The summed E-state index contributed by atoms with van der Waals surface area (Å²) in [5.41, 5.74) is -0.00975. The first kappa shape index (κ1) is 7.88. The maximum atomic E-state index is 10.5. The lowest BCUT2D eigenvalue weighted by molar-refractivity contribution is 0.107. The van der Waals surface area contributed by atoms with Crippen LogP contribution >= 0.6 is 11.6 Å². The Balaban J connectivity index is 3.20. The van der Waals surface area contributed by atoms with Crippen molar-refractivity contribution in [2.45, 2.75) is 0 Å². The first-order valence-corrected chi connectivity index (χ1v) is 3.21. The fraction of sp³-hybridized carbons (Fsp3) is 0. The molecule has 0 heterocycles. The lowest BCUT2D eigenvalue weighted by atomic mass is 10.2. The van der Waals surface area contributed by atoms with E-state index in [9.17, 15) is 4.79 Å². The highest BCUT2D eigenvalue weighted by molar-refractivity contribution is 6.68. The molecule has 11 heavy (non-hydrogen) atoms. The molecule has 0 fully saturated rings. The number of phenols is 2. The van der Waals surface area contributed by atoms with Crippen molar-refractivity contribution in [2.24, 2.45) is 0 Å². The van der Waals surface area contributed by atoms with Crippen LogP contribution in [0.3, 0.4) is 0 Å². The van der Waals surface area contributed by atoms with E-state index < -0.39 is 5.24 Å². The van der Waals surface area contributed by atoms with Crippen molar-refractivity contribution < 1.29 is 15.0 Å². The molecular weight excluding hydrogens is 168 g/mol. The fourth-order valence-electron chi connectivity index (χ4n) is 0.686. The van der Waals surface area contributed by atoms with Crippen molar-refractivity contribution in [2.75, 3.05) is 0 Å². The monoisotopic (exact) mass is 172 g/mol. The van der Waals surface area contributed by atoms with Crippen LogP contribution in [0.1, 0.15) is 10.4 Å². The van der Waals surface area contributed by atoms with Crippen LogP contribution in [0.2, 0.25) is 0 Å². The van der Waals surface area contributed by atoms with Crippen LogP contribution in [0, 0.1) is 0 Å². The van der Waals surface area contributed by atoms with Crippen LogP contribution in [0.15, 0.2) is 18.2 Å². The molecule has 0 spiro atoms. The van der Waals surface area contributed by atoms with E-state index in [-0.39, 0.29) is 17.1 Å². The van der Waals surface area contributed by atoms with E-state index in [1.54, 1.807) is 0 Å². The van der Waals surface area contributed by atoms with Crippen LogP contribution in [0.25, 0.3) is 0 Å². The summed E-state index contributed by atoms with van der Waals surface area (Å²) in [6.07, 6.45) is 0. The van der Waals surface area contributed by atoms with Gasteiger partial charge in [0.2, 0.25) is 0 Å². The van der Waals surface area contributed by atoms with Gasteiger partial charge in [0.25, 0.3) is 5.24 Å². The lowest BCUT2D eigenvalue weighted by Crippen LogP contribution is -1.87. The predicted octanol–water partition coefficient (Wildman–Crippen LogP) is 1.48. The molecule has 0 unspecified atom stereocenters. The van der Waals surface area contributed by atoms with Crippen LogP contribution in [-0.4, -0.2) is 15.5 Å². The second kappa shape index (κ2) is 2.80. The third-order valence-electron chi connectivity index (χ3n) is 1.19. The Morgan fingerprint density at radius 2 is 2.00 bits per heavy atom. The number of phenolic OH excluding ortho intramolecular Hbond substituents is 2. The molecule has 0 aliphatic rings. The van der Waals surface area contributed by atoms with Gasteiger partial charge in [-0.3, -0.25) is 4.79 Å². The highest BCUT2D eigenvalue weighted by atomic mass is 35.5. The molecule has 0 aliphatic heterocycles. The van der Waals surface area contributed by atoms with Gasteiger partial charge in [0, 0.05) is 6.07 Å². The predicted molar refractivity (Wildman–Crippen MR) is 40.0 cm³/mol. The van der Waals surface area contributed by atoms with Crippen LogP contribution < -0.4 is 0 Å². The molecule has 4 heteroatoms. The number of carbonyl (C=O) groups excluding carboxylic acids is 1. The molecule has 1 rings (SSSR count). The van der Waals surface area contributed by atoms with E-state index in [4.69, 9.17) is 21.8 Å². The minimum Gasteiger partial charge on any atom is -0.508 e. The zero-order chi connectivity index (χ0) is 8.43. The van der Waals surface area contributed by atoms with Gasteiger partial charge in [-0.2, -0.15) is 0 Å². The van der Waals surface area contributed by atoms with Crippen LogP contribution in [0.4, 0.5) is 0 Å². The minimum atomic E-state index is -0.748. The summed E-state index contributed by atoms with van der Waals surface area (Å²) < 4.78 is 0. The second-order valence-corrected chi connectivity index (χ2v) is 2.32. The number of rotatable bonds is 1.